The Kier molecular flexibility index (Phi) is 3.25. The summed E-state index contributed by atoms with van der Waals surface area (Å²) in [6, 6.07) is 13.9. The van der Waals surface area contributed by atoms with Gasteiger partial charge in [-0.1, -0.05) is 47.5 Å². The van der Waals surface area contributed by atoms with Crippen LogP contribution < -0.4 is 0 Å². The van der Waals surface area contributed by atoms with Crippen LogP contribution in [0.25, 0.3) is 22.3 Å². The zero-order chi connectivity index (χ0) is 13.4. The third kappa shape index (κ3) is 2.36. The fourth-order valence-electron chi connectivity index (χ4n) is 1.91. The maximum absolute atomic E-state index is 6.24. The van der Waals surface area contributed by atoms with E-state index in [9.17, 15) is 0 Å². The highest BCUT2D eigenvalue weighted by Crippen LogP contribution is 2.29. The molecule has 2 aromatic carbocycles. The van der Waals surface area contributed by atoms with Crippen molar-refractivity contribution < 1.29 is 0 Å². The van der Waals surface area contributed by atoms with E-state index >= 15 is 0 Å². The van der Waals surface area contributed by atoms with Crippen LogP contribution in [0.5, 0.6) is 0 Å². The van der Waals surface area contributed by atoms with Gasteiger partial charge in [0.15, 0.2) is 5.82 Å². The lowest BCUT2D eigenvalue weighted by molar-refractivity contribution is 1.22. The minimum absolute atomic E-state index is 0.474. The number of fused-ring (bicyclic) bond motifs is 1. The summed E-state index contributed by atoms with van der Waals surface area (Å²) in [6.45, 7) is 2.05. The average molecular weight is 334 g/mol. The van der Waals surface area contributed by atoms with Gasteiger partial charge in [-0.3, -0.25) is 0 Å². The summed E-state index contributed by atoms with van der Waals surface area (Å²) >= 11 is 9.74. The zero-order valence-electron chi connectivity index (χ0n) is 10.2. The maximum Gasteiger partial charge on any atom is 0.161 e. The summed E-state index contributed by atoms with van der Waals surface area (Å²) in [7, 11) is 0. The van der Waals surface area contributed by atoms with Gasteiger partial charge in [-0.2, -0.15) is 0 Å². The topological polar surface area (TPSA) is 25.8 Å². The van der Waals surface area contributed by atoms with E-state index in [1.807, 2.05) is 42.5 Å². The number of rotatable bonds is 1. The lowest BCUT2D eigenvalue weighted by Gasteiger charge is -2.06. The summed E-state index contributed by atoms with van der Waals surface area (Å²) in [6.07, 6.45) is 0. The van der Waals surface area contributed by atoms with Crippen LogP contribution in [-0.2, 0) is 0 Å². The number of benzene rings is 2. The molecule has 0 amide bonds. The molecule has 0 saturated carbocycles. The molecule has 2 nitrogen and oxygen atoms in total. The van der Waals surface area contributed by atoms with Gasteiger partial charge in [0, 0.05) is 15.4 Å². The number of halogens is 2. The molecule has 0 aliphatic heterocycles. The molecule has 4 heteroatoms. The van der Waals surface area contributed by atoms with E-state index in [1.54, 1.807) is 0 Å². The Hall–Kier alpha value is -1.45. The van der Waals surface area contributed by atoms with Gasteiger partial charge in [0.05, 0.1) is 5.52 Å². The molecule has 3 aromatic rings. The molecule has 0 bridgehead atoms. The Labute approximate surface area is 124 Å². The average Bonchev–Trinajstić information content (AvgIpc) is 2.41. The monoisotopic (exact) mass is 332 g/mol. The molecule has 0 radical (unpaired) electrons. The minimum atomic E-state index is 0.474. The number of aryl methyl sites for hydroxylation is 1. The Balaban J connectivity index is 2.25. The van der Waals surface area contributed by atoms with Crippen molar-refractivity contribution in [1.29, 1.82) is 0 Å². The van der Waals surface area contributed by atoms with E-state index in [-0.39, 0.29) is 0 Å². The fraction of sp³-hybridized carbons (Fsp3) is 0.0667. The molecule has 0 N–H and O–H groups in total. The Morgan fingerprint density at radius 1 is 1.00 bits per heavy atom. The number of aromatic nitrogens is 2. The highest BCUT2D eigenvalue weighted by Gasteiger charge is 2.09. The number of hydrogen-bond donors (Lipinski definition) is 0. The molecular formula is C15H10BrClN2. The maximum atomic E-state index is 6.24. The predicted molar refractivity (Wildman–Crippen MR) is 82.4 cm³/mol. The van der Waals surface area contributed by atoms with E-state index in [0.717, 1.165) is 20.9 Å². The van der Waals surface area contributed by atoms with E-state index < -0.39 is 0 Å². The lowest BCUT2D eigenvalue weighted by Crippen LogP contribution is -1.92. The Morgan fingerprint density at radius 2 is 1.74 bits per heavy atom. The van der Waals surface area contributed by atoms with Crippen molar-refractivity contribution in [2.75, 3.05) is 0 Å². The largest absolute Gasteiger partial charge is 0.227 e. The quantitative estimate of drug-likeness (QED) is 0.584. The van der Waals surface area contributed by atoms with Crippen LogP contribution in [0.1, 0.15) is 5.56 Å². The first-order valence-electron chi connectivity index (χ1n) is 5.84. The first-order valence-corrected chi connectivity index (χ1v) is 7.01. The third-order valence-corrected chi connectivity index (χ3v) is 3.87. The second-order valence-electron chi connectivity index (χ2n) is 4.34. The van der Waals surface area contributed by atoms with Gasteiger partial charge in [-0.15, -0.1) is 0 Å². The van der Waals surface area contributed by atoms with Gasteiger partial charge in [-0.05, 0) is 35.0 Å². The van der Waals surface area contributed by atoms with E-state index in [1.165, 1.54) is 5.56 Å². The first kappa shape index (κ1) is 12.6. The second kappa shape index (κ2) is 4.91. The van der Waals surface area contributed by atoms with Crippen LogP contribution in [0.2, 0.25) is 5.15 Å². The molecule has 0 aliphatic rings. The highest BCUT2D eigenvalue weighted by molar-refractivity contribution is 9.10. The van der Waals surface area contributed by atoms with Crippen molar-refractivity contribution in [3.8, 4) is 11.4 Å². The van der Waals surface area contributed by atoms with Crippen LogP contribution >= 0.6 is 27.5 Å². The SMILES string of the molecule is Cc1ccc(-c2nc(Cl)c3cccc(Br)c3n2)cc1. The predicted octanol–water partition coefficient (Wildman–Crippen LogP) is 5.02. The van der Waals surface area contributed by atoms with Crippen LogP contribution in [-0.4, -0.2) is 9.97 Å². The molecule has 1 aromatic heterocycles. The molecule has 0 saturated heterocycles. The van der Waals surface area contributed by atoms with E-state index in [0.29, 0.717) is 11.0 Å². The Bertz CT molecular complexity index is 754. The van der Waals surface area contributed by atoms with Crippen LogP contribution in [0.15, 0.2) is 46.9 Å². The normalized spacial score (nSPS) is 10.9. The summed E-state index contributed by atoms with van der Waals surface area (Å²) in [4.78, 5) is 8.97. The van der Waals surface area contributed by atoms with Gasteiger partial charge in [0.2, 0.25) is 0 Å². The molecule has 1 heterocycles. The van der Waals surface area contributed by atoms with Crippen molar-refractivity contribution in [3.63, 3.8) is 0 Å². The van der Waals surface area contributed by atoms with Gasteiger partial charge < -0.3 is 0 Å². The van der Waals surface area contributed by atoms with E-state index in [2.05, 4.69) is 32.8 Å². The first-order chi connectivity index (χ1) is 9.15. The second-order valence-corrected chi connectivity index (χ2v) is 5.55. The molecule has 3 rings (SSSR count). The molecule has 0 spiro atoms. The molecule has 94 valence electrons. The standard InChI is InChI=1S/C15H10BrClN2/c1-9-5-7-10(8-6-9)15-18-13-11(14(17)19-15)3-2-4-12(13)16/h2-8H,1H3. The molecular weight excluding hydrogens is 324 g/mol. The molecule has 0 atom stereocenters. The Morgan fingerprint density at radius 3 is 2.47 bits per heavy atom. The molecule has 0 aliphatic carbocycles. The fourth-order valence-corrected chi connectivity index (χ4v) is 2.60. The number of nitrogens with zero attached hydrogens (tertiary/aromatic N) is 2. The van der Waals surface area contributed by atoms with Gasteiger partial charge in [0.1, 0.15) is 5.15 Å². The zero-order valence-corrected chi connectivity index (χ0v) is 12.5. The van der Waals surface area contributed by atoms with Gasteiger partial charge in [-0.25, -0.2) is 9.97 Å². The van der Waals surface area contributed by atoms with Crippen LogP contribution in [0.3, 0.4) is 0 Å². The lowest BCUT2D eigenvalue weighted by atomic mass is 10.1. The summed E-state index contributed by atoms with van der Waals surface area (Å²) in [5, 5.41) is 1.33. The number of hydrogen-bond acceptors (Lipinski definition) is 2. The van der Waals surface area contributed by atoms with Crippen molar-refractivity contribution >= 4 is 38.4 Å². The third-order valence-electron chi connectivity index (χ3n) is 2.94. The summed E-state index contributed by atoms with van der Waals surface area (Å²) < 4.78 is 0.919. The highest BCUT2D eigenvalue weighted by atomic mass is 79.9. The minimum Gasteiger partial charge on any atom is -0.227 e. The smallest absolute Gasteiger partial charge is 0.161 e. The van der Waals surface area contributed by atoms with Crippen molar-refractivity contribution in [3.05, 3.63) is 57.7 Å². The van der Waals surface area contributed by atoms with Crippen LogP contribution in [0.4, 0.5) is 0 Å². The van der Waals surface area contributed by atoms with Crippen molar-refractivity contribution in [2.45, 2.75) is 6.92 Å². The summed E-state index contributed by atoms with van der Waals surface area (Å²) in [5.74, 6) is 0.643. The van der Waals surface area contributed by atoms with Crippen molar-refractivity contribution in [2.24, 2.45) is 0 Å². The van der Waals surface area contributed by atoms with Crippen molar-refractivity contribution in [1.82, 2.24) is 9.97 Å². The molecule has 0 fully saturated rings. The van der Waals surface area contributed by atoms with Gasteiger partial charge >= 0.3 is 0 Å². The van der Waals surface area contributed by atoms with E-state index in [4.69, 9.17) is 11.6 Å². The molecule has 19 heavy (non-hydrogen) atoms. The van der Waals surface area contributed by atoms with Gasteiger partial charge in [0.25, 0.3) is 0 Å². The molecule has 0 unspecified atom stereocenters. The van der Waals surface area contributed by atoms with Crippen LogP contribution in [0, 0.1) is 6.92 Å². The summed E-state index contributed by atoms with van der Waals surface area (Å²) in [5.41, 5.74) is 3.00. The number of para-hydroxylation sites is 1.